The van der Waals surface area contributed by atoms with E-state index in [1.165, 1.54) is 25.3 Å². The first kappa shape index (κ1) is 28.5. The Kier molecular flexibility index (Phi) is 9.55. The van der Waals surface area contributed by atoms with Crippen LogP contribution < -0.4 is 20.5 Å². The molecule has 2 atom stereocenters. The van der Waals surface area contributed by atoms with Crippen LogP contribution in [0.5, 0.6) is 11.5 Å². The van der Waals surface area contributed by atoms with Crippen LogP contribution in [0.2, 0.25) is 0 Å². The number of carbonyl (C=O) groups excluding carboxylic acids is 2. The predicted octanol–water partition coefficient (Wildman–Crippen LogP) is 3.99. The zero-order valence-electron chi connectivity index (χ0n) is 20.6. The highest BCUT2D eigenvalue weighted by atomic mass is 35.5. The van der Waals surface area contributed by atoms with Crippen molar-refractivity contribution in [1.82, 2.24) is 15.2 Å². The van der Waals surface area contributed by atoms with Crippen molar-refractivity contribution in [2.24, 2.45) is 17.6 Å². The Morgan fingerprint density at radius 1 is 1.24 bits per heavy atom. The molecule has 3 N–H and O–H groups in total. The molecule has 1 saturated heterocycles. The van der Waals surface area contributed by atoms with Gasteiger partial charge in [0, 0.05) is 25.2 Å². The number of alkyl halides is 2. The highest BCUT2D eigenvalue weighted by molar-refractivity contribution is 5.94. The Labute approximate surface area is 219 Å². The highest BCUT2D eigenvalue weighted by Crippen LogP contribution is 2.37. The number of hydrogen-bond acceptors (Lipinski definition) is 8. The van der Waals surface area contributed by atoms with Gasteiger partial charge in [0.2, 0.25) is 5.89 Å². The van der Waals surface area contributed by atoms with Gasteiger partial charge in [-0.1, -0.05) is 0 Å². The van der Waals surface area contributed by atoms with Crippen molar-refractivity contribution in [3.8, 4) is 23.0 Å². The molecule has 1 aromatic carbocycles. The molecule has 2 fully saturated rings. The Balaban J connectivity index is 0.00000380. The summed E-state index contributed by atoms with van der Waals surface area (Å²) in [5.41, 5.74) is 6.49. The third kappa shape index (κ3) is 7.22. The fourth-order valence-electron chi connectivity index (χ4n) is 3.98. The summed E-state index contributed by atoms with van der Waals surface area (Å²) >= 11 is 0. The van der Waals surface area contributed by atoms with Crippen molar-refractivity contribution < 1.29 is 37.0 Å². The average molecular weight is 545 g/mol. The summed E-state index contributed by atoms with van der Waals surface area (Å²) in [7, 11) is 1.33. The Hall–Kier alpha value is -3.12. The number of rotatable bonds is 10. The number of halogens is 3. The van der Waals surface area contributed by atoms with Crippen LogP contribution in [-0.4, -0.2) is 61.8 Å². The zero-order chi connectivity index (χ0) is 25.8. The molecule has 10 nitrogen and oxygen atoms in total. The van der Waals surface area contributed by atoms with E-state index in [9.17, 15) is 18.4 Å². The molecule has 2 heterocycles. The Morgan fingerprint density at radius 3 is 2.65 bits per heavy atom. The van der Waals surface area contributed by atoms with E-state index in [-0.39, 0.29) is 47.2 Å². The molecule has 4 rings (SSSR count). The van der Waals surface area contributed by atoms with Gasteiger partial charge in [0.1, 0.15) is 0 Å². The second-order valence-electron chi connectivity index (χ2n) is 9.10. The fraction of sp³-hybridized carbons (Fsp3) is 0.542. The van der Waals surface area contributed by atoms with E-state index >= 15 is 0 Å². The molecular formula is C24H31ClF2N4O6. The van der Waals surface area contributed by atoms with Gasteiger partial charge in [-0.05, 0) is 56.2 Å². The lowest BCUT2D eigenvalue weighted by Crippen LogP contribution is -2.33. The SMILES string of the molecule is COC(=O)N1CCC(CNC(=O)c2nc(-c3ccc(OC(F)F)c(OCC4CC4)c3)oc2[C@H](C)N)C1.Cl. The van der Waals surface area contributed by atoms with Gasteiger partial charge in [-0.3, -0.25) is 4.79 Å². The van der Waals surface area contributed by atoms with E-state index in [4.69, 9.17) is 19.6 Å². The zero-order valence-corrected chi connectivity index (χ0v) is 21.4. The summed E-state index contributed by atoms with van der Waals surface area (Å²) in [6.45, 7) is 0.431. The van der Waals surface area contributed by atoms with Crippen LogP contribution in [0.15, 0.2) is 22.6 Å². The number of oxazole rings is 1. The van der Waals surface area contributed by atoms with E-state index in [1.807, 2.05) is 0 Å². The fourth-order valence-corrected chi connectivity index (χ4v) is 3.98. The van der Waals surface area contributed by atoms with E-state index in [2.05, 4.69) is 15.0 Å². The van der Waals surface area contributed by atoms with Crippen molar-refractivity contribution in [3.05, 3.63) is 29.7 Å². The van der Waals surface area contributed by atoms with Crippen molar-refractivity contribution in [1.29, 1.82) is 0 Å². The van der Waals surface area contributed by atoms with E-state index in [1.54, 1.807) is 11.8 Å². The first-order valence-corrected chi connectivity index (χ1v) is 11.8. The van der Waals surface area contributed by atoms with Crippen molar-refractivity contribution in [2.75, 3.05) is 33.4 Å². The molecule has 0 radical (unpaired) electrons. The number of amides is 2. The number of methoxy groups -OCH3 is 1. The number of carbonyl (C=O) groups is 2. The molecule has 37 heavy (non-hydrogen) atoms. The normalized spacial score (nSPS) is 17.8. The summed E-state index contributed by atoms with van der Waals surface area (Å²) in [5, 5.41) is 2.84. The maximum absolute atomic E-state index is 12.9. The monoisotopic (exact) mass is 544 g/mol. The number of nitrogens with zero attached hydrogens (tertiary/aromatic N) is 2. The molecule has 13 heteroatoms. The van der Waals surface area contributed by atoms with Crippen LogP contribution in [0.4, 0.5) is 13.6 Å². The van der Waals surface area contributed by atoms with Gasteiger partial charge in [0.25, 0.3) is 5.91 Å². The Bertz CT molecular complexity index is 1100. The summed E-state index contributed by atoms with van der Waals surface area (Å²) < 4.78 is 46.5. The lowest BCUT2D eigenvalue weighted by atomic mass is 10.1. The maximum atomic E-state index is 12.9. The quantitative estimate of drug-likeness (QED) is 0.459. The standard InChI is InChI=1S/C24H30F2N4O6.ClH/c1-13(27)20-19(21(31)28-10-15-7-8-30(11-15)24(32)33-2)29-22(36-20)16-5-6-17(35-23(25)26)18(9-16)34-12-14-3-4-14;/h5-6,9,13-15,23H,3-4,7-8,10-12,27H2,1-2H3,(H,28,31);1H/t13-,15?;/m0./s1. The first-order valence-electron chi connectivity index (χ1n) is 11.8. The first-order chi connectivity index (χ1) is 17.2. The van der Waals surface area contributed by atoms with E-state index < -0.39 is 24.7 Å². The summed E-state index contributed by atoms with van der Waals surface area (Å²) in [5.74, 6) is 0.354. The second-order valence-corrected chi connectivity index (χ2v) is 9.10. The number of likely N-dealkylation sites (tertiary alicyclic amines) is 1. The summed E-state index contributed by atoms with van der Waals surface area (Å²) in [6.07, 6.45) is 2.40. The van der Waals surface area contributed by atoms with E-state index in [0.29, 0.717) is 37.7 Å². The van der Waals surface area contributed by atoms with Gasteiger partial charge in [-0.15, -0.1) is 12.4 Å². The number of ether oxygens (including phenoxy) is 3. The molecule has 2 aliphatic rings. The lowest BCUT2D eigenvalue weighted by molar-refractivity contribution is -0.0515. The smallest absolute Gasteiger partial charge is 0.409 e. The number of hydrogen-bond donors (Lipinski definition) is 2. The maximum Gasteiger partial charge on any atom is 0.409 e. The van der Waals surface area contributed by atoms with E-state index in [0.717, 1.165) is 19.3 Å². The van der Waals surface area contributed by atoms with Crippen molar-refractivity contribution in [3.63, 3.8) is 0 Å². The van der Waals surface area contributed by atoms with Gasteiger partial charge < -0.3 is 34.6 Å². The molecule has 1 aliphatic heterocycles. The third-order valence-electron chi connectivity index (χ3n) is 6.13. The molecule has 0 bridgehead atoms. The molecule has 1 aliphatic carbocycles. The van der Waals surface area contributed by atoms with Gasteiger partial charge in [0.05, 0.1) is 19.8 Å². The van der Waals surface area contributed by atoms with Gasteiger partial charge in [-0.25, -0.2) is 9.78 Å². The van der Waals surface area contributed by atoms with Crippen molar-refractivity contribution in [2.45, 2.75) is 38.8 Å². The van der Waals surface area contributed by atoms with Crippen LogP contribution >= 0.6 is 12.4 Å². The molecule has 1 unspecified atom stereocenters. The molecule has 1 saturated carbocycles. The summed E-state index contributed by atoms with van der Waals surface area (Å²) in [6, 6.07) is 3.73. The van der Waals surface area contributed by atoms with Crippen LogP contribution in [0.3, 0.4) is 0 Å². The molecule has 0 spiro atoms. The van der Waals surface area contributed by atoms with Gasteiger partial charge in [0.15, 0.2) is 23.0 Å². The Morgan fingerprint density at radius 2 is 2.00 bits per heavy atom. The minimum absolute atomic E-state index is 0. The number of aromatic nitrogens is 1. The largest absolute Gasteiger partial charge is 0.489 e. The number of nitrogens with one attached hydrogen (secondary N) is 1. The van der Waals surface area contributed by atoms with Gasteiger partial charge in [-0.2, -0.15) is 8.78 Å². The van der Waals surface area contributed by atoms with Crippen LogP contribution in [0.1, 0.15) is 48.5 Å². The lowest BCUT2D eigenvalue weighted by Gasteiger charge is -2.15. The minimum atomic E-state index is -3.00. The highest BCUT2D eigenvalue weighted by Gasteiger charge is 2.29. The molecule has 2 aromatic rings. The number of nitrogens with two attached hydrogens (primary N) is 1. The molecular weight excluding hydrogens is 514 g/mol. The van der Waals surface area contributed by atoms with Crippen LogP contribution in [-0.2, 0) is 4.74 Å². The predicted molar refractivity (Wildman–Crippen MR) is 131 cm³/mol. The minimum Gasteiger partial charge on any atom is -0.489 e. The second kappa shape index (κ2) is 12.4. The van der Waals surface area contributed by atoms with Crippen LogP contribution in [0, 0.1) is 11.8 Å². The van der Waals surface area contributed by atoms with Crippen molar-refractivity contribution >= 4 is 24.4 Å². The third-order valence-corrected chi connectivity index (χ3v) is 6.13. The molecule has 2 amide bonds. The number of benzene rings is 1. The molecule has 204 valence electrons. The average Bonchev–Trinajstić information content (AvgIpc) is 3.37. The van der Waals surface area contributed by atoms with Gasteiger partial charge >= 0.3 is 12.7 Å². The van der Waals surface area contributed by atoms with Crippen LogP contribution in [0.25, 0.3) is 11.5 Å². The summed E-state index contributed by atoms with van der Waals surface area (Å²) in [4.78, 5) is 30.6. The topological polar surface area (TPSA) is 129 Å². The molecule has 1 aromatic heterocycles.